The van der Waals surface area contributed by atoms with E-state index in [-0.39, 0.29) is 6.61 Å². The van der Waals surface area contributed by atoms with Gasteiger partial charge >= 0.3 is 11.6 Å². The van der Waals surface area contributed by atoms with Crippen molar-refractivity contribution in [2.45, 2.75) is 26.3 Å². The lowest BCUT2D eigenvalue weighted by molar-refractivity contribution is -0.141. The van der Waals surface area contributed by atoms with Gasteiger partial charge in [-0.2, -0.15) is 0 Å². The van der Waals surface area contributed by atoms with Gasteiger partial charge in [-0.1, -0.05) is 30.3 Å². The molecule has 0 aliphatic carbocycles. The molecule has 1 amide bonds. The van der Waals surface area contributed by atoms with Crippen LogP contribution >= 0.6 is 0 Å². The molecule has 0 radical (unpaired) electrons. The summed E-state index contributed by atoms with van der Waals surface area (Å²) < 4.78 is 10.9. The molecule has 0 saturated carbocycles. The molecule has 7 nitrogen and oxygen atoms in total. The number of carboxylic acids is 1. The van der Waals surface area contributed by atoms with Crippen molar-refractivity contribution in [2.24, 2.45) is 0 Å². The molecular weight excluding hydrogens is 374 g/mol. The number of aliphatic carboxylic acids is 1. The number of rotatable bonds is 7. The second-order valence-electron chi connectivity index (χ2n) is 6.73. The molecule has 1 atom stereocenters. The lowest BCUT2D eigenvalue weighted by Gasteiger charge is -2.12. The van der Waals surface area contributed by atoms with Gasteiger partial charge in [0, 0.05) is 23.4 Å². The van der Waals surface area contributed by atoms with Crippen molar-refractivity contribution in [1.29, 1.82) is 0 Å². The van der Waals surface area contributed by atoms with Crippen molar-refractivity contribution in [3.05, 3.63) is 75.6 Å². The molecular formula is C22H21NO6. The summed E-state index contributed by atoms with van der Waals surface area (Å²) in [6, 6.07) is 13.7. The summed E-state index contributed by atoms with van der Waals surface area (Å²) in [4.78, 5) is 35.0. The fourth-order valence-electron chi connectivity index (χ4n) is 2.96. The van der Waals surface area contributed by atoms with Crippen LogP contribution in [0.1, 0.15) is 23.6 Å². The number of hydrogen-bond donors (Lipinski definition) is 2. The topological polar surface area (TPSA) is 106 Å². The minimum absolute atomic E-state index is 0.342. The van der Waals surface area contributed by atoms with Crippen LogP contribution in [0.2, 0.25) is 0 Å². The number of amides is 1. The number of fused-ring (bicyclic) bond motifs is 1. The second kappa shape index (κ2) is 8.60. The molecule has 2 N–H and O–H groups in total. The molecule has 2 aromatic carbocycles. The Morgan fingerprint density at radius 2 is 1.90 bits per heavy atom. The van der Waals surface area contributed by atoms with E-state index in [1.807, 2.05) is 37.3 Å². The molecule has 0 bridgehead atoms. The highest BCUT2D eigenvalue weighted by molar-refractivity contribution is 5.85. The molecule has 1 aromatic heterocycles. The fraction of sp³-hybridized carbons (Fsp3) is 0.227. The van der Waals surface area contributed by atoms with Crippen LogP contribution in [0, 0.1) is 6.92 Å². The average Bonchev–Trinajstić information content (AvgIpc) is 2.70. The summed E-state index contributed by atoms with van der Waals surface area (Å²) in [5, 5.41) is 11.9. The fourth-order valence-corrected chi connectivity index (χ4v) is 2.96. The molecule has 0 unspecified atom stereocenters. The maximum Gasteiger partial charge on any atom is 0.340 e. The van der Waals surface area contributed by atoms with Crippen LogP contribution in [0.3, 0.4) is 0 Å². The third-order valence-electron chi connectivity index (χ3n) is 4.60. The van der Waals surface area contributed by atoms with Gasteiger partial charge in [0.1, 0.15) is 17.4 Å². The van der Waals surface area contributed by atoms with Crippen LogP contribution in [-0.4, -0.2) is 29.6 Å². The molecule has 3 aromatic rings. The summed E-state index contributed by atoms with van der Waals surface area (Å²) in [7, 11) is 0. The first-order chi connectivity index (χ1) is 13.8. The minimum Gasteiger partial charge on any atom is -0.484 e. The largest absolute Gasteiger partial charge is 0.484 e. The Bertz CT molecular complexity index is 1100. The van der Waals surface area contributed by atoms with Crippen LogP contribution in [0.15, 0.2) is 57.7 Å². The van der Waals surface area contributed by atoms with E-state index in [9.17, 15) is 14.4 Å². The predicted molar refractivity (Wildman–Crippen MR) is 107 cm³/mol. The standard InChI is InChI=1S/C22H21NO6/c1-13-17-9-8-16(28-12-20(24)23-14(2)21(25)26)11-19(17)29-22(27)18(13)10-15-6-4-3-5-7-15/h3-9,11,14H,10,12H2,1-2H3,(H,23,24)(H,25,26)/t14-/m0/s1. The molecule has 0 spiro atoms. The van der Waals surface area contributed by atoms with E-state index in [0.29, 0.717) is 23.3 Å². The Kier molecular flexibility index (Phi) is 5.97. The van der Waals surface area contributed by atoms with Gasteiger partial charge in [-0.15, -0.1) is 0 Å². The number of carbonyl (C=O) groups is 2. The molecule has 7 heteroatoms. The van der Waals surface area contributed by atoms with Gasteiger partial charge in [0.2, 0.25) is 0 Å². The third-order valence-corrected chi connectivity index (χ3v) is 4.60. The minimum atomic E-state index is -1.13. The number of aryl methyl sites for hydroxylation is 1. The Morgan fingerprint density at radius 3 is 2.59 bits per heavy atom. The first-order valence-electron chi connectivity index (χ1n) is 9.10. The van der Waals surface area contributed by atoms with E-state index in [4.69, 9.17) is 14.3 Å². The summed E-state index contributed by atoms with van der Waals surface area (Å²) >= 11 is 0. The molecule has 150 valence electrons. The maximum atomic E-state index is 12.5. The van der Waals surface area contributed by atoms with Crippen molar-refractivity contribution in [2.75, 3.05) is 6.61 Å². The molecule has 3 rings (SSSR count). The smallest absolute Gasteiger partial charge is 0.340 e. The number of benzene rings is 2. The lowest BCUT2D eigenvalue weighted by atomic mass is 10.00. The quantitative estimate of drug-likeness (QED) is 0.596. The van der Waals surface area contributed by atoms with Gasteiger partial charge < -0.3 is 19.6 Å². The van der Waals surface area contributed by atoms with Gasteiger partial charge in [-0.25, -0.2) is 4.79 Å². The van der Waals surface area contributed by atoms with E-state index in [2.05, 4.69) is 5.32 Å². The normalized spacial score (nSPS) is 11.8. The van der Waals surface area contributed by atoms with Crippen LogP contribution in [-0.2, 0) is 16.0 Å². The van der Waals surface area contributed by atoms with Gasteiger partial charge in [-0.3, -0.25) is 9.59 Å². The predicted octanol–water partition coefficient (Wildman–Crippen LogP) is 2.66. The molecule has 0 aliphatic rings. The lowest BCUT2D eigenvalue weighted by Crippen LogP contribution is -2.40. The molecule has 0 saturated heterocycles. The van der Waals surface area contributed by atoms with E-state index >= 15 is 0 Å². The number of nitrogens with one attached hydrogen (secondary N) is 1. The Balaban J connectivity index is 1.78. The second-order valence-corrected chi connectivity index (χ2v) is 6.73. The van der Waals surface area contributed by atoms with Crippen LogP contribution in [0.5, 0.6) is 5.75 Å². The summed E-state index contributed by atoms with van der Waals surface area (Å²) in [6.07, 6.45) is 0.477. The van der Waals surface area contributed by atoms with Crippen molar-refractivity contribution < 1.29 is 23.8 Å². The van der Waals surface area contributed by atoms with Gasteiger partial charge in [-0.05, 0) is 37.1 Å². The highest BCUT2D eigenvalue weighted by Gasteiger charge is 2.15. The van der Waals surface area contributed by atoms with E-state index in [1.165, 1.54) is 6.92 Å². The summed E-state index contributed by atoms with van der Waals surface area (Å²) in [6.45, 7) is 2.89. The van der Waals surface area contributed by atoms with Gasteiger partial charge in [0.05, 0.1) is 0 Å². The Morgan fingerprint density at radius 1 is 1.17 bits per heavy atom. The molecule has 1 heterocycles. The number of ether oxygens (including phenoxy) is 1. The monoisotopic (exact) mass is 395 g/mol. The highest BCUT2D eigenvalue weighted by atomic mass is 16.5. The Hall–Kier alpha value is -3.61. The molecule has 0 fully saturated rings. The Labute approximate surface area is 166 Å². The summed E-state index contributed by atoms with van der Waals surface area (Å²) in [5.74, 6) is -1.35. The summed E-state index contributed by atoms with van der Waals surface area (Å²) in [5.41, 5.74) is 2.40. The SMILES string of the molecule is Cc1c(Cc2ccccc2)c(=O)oc2cc(OCC(=O)N[C@@H](C)C(=O)O)ccc12. The van der Waals surface area contributed by atoms with Crippen molar-refractivity contribution in [1.82, 2.24) is 5.32 Å². The van der Waals surface area contributed by atoms with E-state index < -0.39 is 23.5 Å². The highest BCUT2D eigenvalue weighted by Crippen LogP contribution is 2.25. The van der Waals surface area contributed by atoms with Crippen molar-refractivity contribution in [3.8, 4) is 5.75 Å². The van der Waals surface area contributed by atoms with Crippen molar-refractivity contribution >= 4 is 22.8 Å². The number of hydrogen-bond acceptors (Lipinski definition) is 5. The van der Waals surface area contributed by atoms with Gasteiger partial charge in [0.25, 0.3) is 5.91 Å². The number of carbonyl (C=O) groups excluding carboxylic acids is 1. The molecule has 0 aliphatic heterocycles. The maximum absolute atomic E-state index is 12.5. The zero-order valence-electron chi connectivity index (χ0n) is 16.1. The van der Waals surface area contributed by atoms with Gasteiger partial charge in [0.15, 0.2) is 6.61 Å². The van der Waals surface area contributed by atoms with E-state index in [0.717, 1.165) is 16.5 Å². The molecule has 29 heavy (non-hydrogen) atoms. The first kappa shape index (κ1) is 20.1. The van der Waals surface area contributed by atoms with Crippen molar-refractivity contribution in [3.63, 3.8) is 0 Å². The zero-order chi connectivity index (χ0) is 21.0. The third kappa shape index (κ3) is 4.82. The van der Waals surface area contributed by atoms with Crippen LogP contribution in [0.25, 0.3) is 11.0 Å². The zero-order valence-corrected chi connectivity index (χ0v) is 16.1. The van der Waals surface area contributed by atoms with E-state index in [1.54, 1.807) is 18.2 Å². The number of carboxylic acid groups (broad SMARTS) is 1. The average molecular weight is 395 g/mol. The van der Waals surface area contributed by atoms with Crippen LogP contribution < -0.4 is 15.7 Å². The first-order valence-corrected chi connectivity index (χ1v) is 9.10. The van der Waals surface area contributed by atoms with Crippen LogP contribution in [0.4, 0.5) is 0 Å².